The van der Waals surface area contributed by atoms with Gasteiger partial charge in [-0.05, 0) is 25.7 Å². The van der Waals surface area contributed by atoms with Crippen molar-refractivity contribution in [3.05, 3.63) is 12.4 Å². The van der Waals surface area contributed by atoms with Gasteiger partial charge in [0.2, 0.25) is 5.88 Å². The molecule has 0 unspecified atom stereocenters. The Bertz CT molecular complexity index is 299. The lowest BCUT2D eigenvalue weighted by atomic mass is 10.5. The van der Waals surface area contributed by atoms with Crippen LogP contribution in [0.15, 0.2) is 12.4 Å². The Kier molecular flexibility index (Phi) is 2.81. The van der Waals surface area contributed by atoms with Crippen LogP contribution in [0.2, 0.25) is 0 Å². The van der Waals surface area contributed by atoms with Crippen LogP contribution in [0, 0.1) is 5.92 Å². The lowest BCUT2D eigenvalue weighted by Crippen LogP contribution is -2.03. The molecular formula is C10H15N3O. The van der Waals surface area contributed by atoms with Crippen LogP contribution in [0.3, 0.4) is 0 Å². The highest BCUT2D eigenvalue weighted by atomic mass is 16.5. The van der Waals surface area contributed by atoms with E-state index in [4.69, 9.17) is 4.74 Å². The summed E-state index contributed by atoms with van der Waals surface area (Å²) in [5.74, 6) is 2.25. The lowest BCUT2D eigenvalue weighted by molar-refractivity contribution is 0.288. The van der Waals surface area contributed by atoms with E-state index in [1.807, 2.05) is 13.0 Å². The summed E-state index contributed by atoms with van der Waals surface area (Å²) in [6.07, 6.45) is 4.12. The number of nitrogens with one attached hydrogen (secondary N) is 1. The predicted molar refractivity (Wildman–Crippen MR) is 54.4 cm³/mol. The van der Waals surface area contributed by atoms with Gasteiger partial charge in [0.15, 0.2) is 0 Å². The summed E-state index contributed by atoms with van der Waals surface area (Å²) in [5, 5.41) is 3.12. The molecule has 0 radical (unpaired) electrons. The van der Waals surface area contributed by atoms with Crippen LogP contribution in [0.4, 0.5) is 5.82 Å². The maximum Gasteiger partial charge on any atom is 0.218 e. The Morgan fingerprint density at radius 1 is 1.50 bits per heavy atom. The molecule has 0 aromatic carbocycles. The van der Waals surface area contributed by atoms with E-state index in [-0.39, 0.29) is 0 Å². The molecule has 1 aromatic rings. The molecule has 0 atom stereocenters. The highest BCUT2D eigenvalue weighted by Crippen LogP contribution is 2.29. The summed E-state index contributed by atoms with van der Waals surface area (Å²) in [5.41, 5.74) is 0. The zero-order chi connectivity index (χ0) is 9.80. The van der Waals surface area contributed by atoms with Gasteiger partial charge in [-0.1, -0.05) is 0 Å². The van der Waals surface area contributed by atoms with Crippen molar-refractivity contribution in [2.75, 3.05) is 18.5 Å². The molecule has 14 heavy (non-hydrogen) atoms. The Morgan fingerprint density at radius 3 is 3.07 bits per heavy atom. The molecule has 0 aliphatic heterocycles. The summed E-state index contributed by atoms with van der Waals surface area (Å²) in [7, 11) is 0. The van der Waals surface area contributed by atoms with Crippen LogP contribution >= 0.6 is 0 Å². The van der Waals surface area contributed by atoms with Crippen molar-refractivity contribution in [1.82, 2.24) is 9.97 Å². The van der Waals surface area contributed by atoms with E-state index in [0.29, 0.717) is 5.88 Å². The van der Waals surface area contributed by atoms with Gasteiger partial charge in [-0.15, -0.1) is 0 Å². The number of hydrogen-bond donors (Lipinski definition) is 1. The Balaban J connectivity index is 1.90. The molecule has 1 aliphatic carbocycles. The molecular weight excluding hydrogens is 178 g/mol. The van der Waals surface area contributed by atoms with Crippen LogP contribution in [0.1, 0.15) is 19.8 Å². The third-order valence-corrected chi connectivity index (χ3v) is 2.16. The zero-order valence-electron chi connectivity index (χ0n) is 8.36. The predicted octanol–water partition coefficient (Wildman–Crippen LogP) is 1.70. The first-order valence-electron chi connectivity index (χ1n) is 5.07. The van der Waals surface area contributed by atoms with E-state index in [1.54, 1.807) is 0 Å². The number of ether oxygens (including phenoxy) is 1. The largest absolute Gasteiger partial charge is 0.477 e. The molecule has 2 rings (SSSR count). The first-order chi connectivity index (χ1) is 6.88. The van der Waals surface area contributed by atoms with Crippen molar-refractivity contribution in [3.63, 3.8) is 0 Å². The average Bonchev–Trinajstić information content (AvgIpc) is 2.99. The number of aromatic nitrogens is 2. The zero-order valence-corrected chi connectivity index (χ0v) is 8.36. The van der Waals surface area contributed by atoms with E-state index < -0.39 is 0 Å². The molecule has 4 nitrogen and oxygen atoms in total. The normalized spacial score (nSPS) is 15.2. The molecule has 76 valence electrons. The summed E-state index contributed by atoms with van der Waals surface area (Å²) in [4.78, 5) is 8.12. The van der Waals surface area contributed by atoms with Gasteiger partial charge in [0.05, 0.1) is 6.61 Å². The average molecular weight is 193 g/mol. The van der Waals surface area contributed by atoms with Crippen LogP contribution in [0.25, 0.3) is 0 Å². The van der Waals surface area contributed by atoms with Crippen molar-refractivity contribution in [1.29, 1.82) is 0 Å². The molecule has 4 heteroatoms. The molecule has 1 heterocycles. The lowest BCUT2D eigenvalue weighted by Gasteiger charge is -2.05. The maximum absolute atomic E-state index is 5.53. The van der Waals surface area contributed by atoms with Crippen LogP contribution < -0.4 is 10.1 Å². The Labute approximate surface area is 83.7 Å². The van der Waals surface area contributed by atoms with E-state index in [0.717, 1.165) is 24.9 Å². The fraction of sp³-hybridized carbons (Fsp3) is 0.600. The molecule has 0 bridgehead atoms. The fourth-order valence-corrected chi connectivity index (χ4v) is 1.18. The second-order valence-corrected chi connectivity index (χ2v) is 3.53. The SMILES string of the molecule is CCNc1cc(OCC2CC2)ncn1. The van der Waals surface area contributed by atoms with E-state index in [1.165, 1.54) is 19.2 Å². The van der Waals surface area contributed by atoms with E-state index in [9.17, 15) is 0 Å². The number of hydrogen-bond acceptors (Lipinski definition) is 4. The highest BCUT2D eigenvalue weighted by Gasteiger charge is 2.22. The van der Waals surface area contributed by atoms with Gasteiger partial charge in [0, 0.05) is 12.6 Å². The van der Waals surface area contributed by atoms with Crippen molar-refractivity contribution in [2.45, 2.75) is 19.8 Å². The monoisotopic (exact) mass is 193 g/mol. The van der Waals surface area contributed by atoms with Crippen LogP contribution in [-0.4, -0.2) is 23.1 Å². The Morgan fingerprint density at radius 2 is 2.36 bits per heavy atom. The van der Waals surface area contributed by atoms with Gasteiger partial charge in [-0.3, -0.25) is 0 Å². The maximum atomic E-state index is 5.53. The number of anilines is 1. The van der Waals surface area contributed by atoms with Crippen molar-refractivity contribution >= 4 is 5.82 Å². The third kappa shape index (κ3) is 2.58. The summed E-state index contributed by atoms with van der Waals surface area (Å²) >= 11 is 0. The molecule has 1 saturated carbocycles. The van der Waals surface area contributed by atoms with Gasteiger partial charge >= 0.3 is 0 Å². The van der Waals surface area contributed by atoms with E-state index in [2.05, 4.69) is 15.3 Å². The fourth-order valence-electron chi connectivity index (χ4n) is 1.18. The van der Waals surface area contributed by atoms with Gasteiger partial charge < -0.3 is 10.1 Å². The van der Waals surface area contributed by atoms with E-state index >= 15 is 0 Å². The Hall–Kier alpha value is -1.32. The number of rotatable bonds is 5. The van der Waals surface area contributed by atoms with Gasteiger partial charge in [-0.25, -0.2) is 9.97 Å². The molecule has 0 amide bonds. The topological polar surface area (TPSA) is 47.0 Å². The summed E-state index contributed by atoms with van der Waals surface area (Å²) in [6.45, 7) is 3.69. The standard InChI is InChI=1S/C10H15N3O/c1-2-11-9-5-10(13-7-12-9)14-6-8-3-4-8/h5,7-8H,2-4,6H2,1H3,(H,11,12,13). The highest BCUT2D eigenvalue weighted by molar-refractivity contribution is 5.36. The number of nitrogens with zero attached hydrogens (tertiary/aromatic N) is 2. The first-order valence-corrected chi connectivity index (χ1v) is 5.07. The third-order valence-electron chi connectivity index (χ3n) is 2.16. The molecule has 1 aliphatic rings. The molecule has 1 fully saturated rings. The molecule has 1 N–H and O–H groups in total. The van der Waals surface area contributed by atoms with Gasteiger partial charge in [0.1, 0.15) is 12.1 Å². The van der Waals surface area contributed by atoms with Gasteiger partial charge in [0.25, 0.3) is 0 Å². The second-order valence-electron chi connectivity index (χ2n) is 3.53. The molecule has 0 saturated heterocycles. The van der Waals surface area contributed by atoms with Crippen molar-refractivity contribution in [3.8, 4) is 5.88 Å². The molecule has 1 aromatic heterocycles. The summed E-state index contributed by atoms with van der Waals surface area (Å²) in [6, 6.07) is 1.84. The van der Waals surface area contributed by atoms with Gasteiger partial charge in [-0.2, -0.15) is 0 Å². The van der Waals surface area contributed by atoms with Crippen LogP contribution in [0.5, 0.6) is 5.88 Å². The second kappa shape index (κ2) is 4.26. The smallest absolute Gasteiger partial charge is 0.218 e. The minimum absolute atomic E-state index is 0.669. The van der Waals surface area contributed by atoms with Crippen LogP contribution in [-0.2, 0) is 0 Å². The van der Waals surface area contributed by atoms with Crippen molar-refractivity contribution in [2.24, 2.45) is 5.92 Å². The van der Waals surface area contributed by atoms with Crippen molar-refractivity contribution < 1.29 is 4.74 Å². The minimum atomic E-state index is 0.669. The summed E-state index contributed by atoms with van der Waals surface area (Å²) < 4.78 is 5.53. The first kappa shape index (κ1) is 9.24. The molecule has 0 spiro atoms. The minimum Gasteiger partial charge on any atom is -0.477 e. The quantitative estimate of drug-likeness (QED) is 0.773.